The Morgan fingerprint density at radius 2 is 2.13 bits per heavy atom. The van der Waals surface area contributed by atoms with Gasteiger partial charge in [-0.15, -0.1) is 0 Å². The molecular formula is C17H17ClN2O3. The van der Waals surface area contributed by atoms with Crippen molar-refractivity contribution in [3.63, 3.8) is 0 Å². The van der Waals surface area contributed by atoms with Crippen LogP contribution in [0.15, 0.2) is 30.5 Å². The van der Waals surface area contributed by atoms with E-state index in [1.54, 1.807) is 18.3 Å². The molecule has 0 saturated carbocycles. The van der Waals surface area contributed by atoms with Crippen molar-refractivity contribution in [2.75, 3.05) is 18.5 Å². The van der Waals surface area contributed by atoms with Crippen molar-refractivity contribution < 1.29 is 14.3 Å². The number of ether oxygens (including phenoxy) is 2. The lowest BCUT2D eigenvalue weighted by Gasteiger charge is -2.11. The number of carbonyl (C=O) groups is 1. The molecule has 0 bridgehead atoms. The first kappa shape index (κ1) is 15.6. The van der Waals surface area contributed by atoms with Crippen molar-refractivity contribution in [1.29, 1.82) is 0 Å². The van der Waals surface area contributed by atoms with Crippen LogP contribution >= 0.6 is 11.6 Å². The predicted octanol–water partition coefficient (Wildman–Crippen LogP) is 3.39. The van der Waals surface area contributed by atoms with E-state index in [-0.39, 0.29) is 12.3 Å². The Morgan fingerprint density at radius 1 is 1.30 bits per heavy atom. The third-order valence-corrected chi connectivity index (χ3v) is 3.69. The number of anilines is 1. The summed E-state index contributed by atoms with van der Waals surface area (Å²) in [6.07, 6.45) is 2.65. The summed E-state index contributed by atoms with van der Waals surface area (Å²) < 4.78 is 11.2. The first-order chi connectivity index (χ1) is 11.1. The topological polar surface area (TPSA) is 60.5 Å². The van der Waals surface area contributed by atoms with Crippen LogP contribution in [0, 0.1) is 6.92 Å². The molecule has 0 aliphatic carbocycles. The average Bonchev–Trinajstić information content (AvgIpc) is 2.72. The summed E-state index contributed by atoms with van der Waals surface area (Å²) in [5, 5.41) is 3.24. The molecule has 120 valence electrons. The highest BCUT2D eigenvalue weighted by Crippen LogP contribution is 2.38. The number of pyridine rings is 1. The maximum absolute atomic E-state index is 12.2. The highest BCUT2D eigenvalue weighted by atomic mass is 35.5. The quantitative estimate of drug-likeness (QED) is 0.936. The summed E-state index contributed by atoms with van der Waals surface area (Å²) in [5.74, 6) is 1.52. The van der Waals surface area contributed by atoms with Crippen molar-refractivity contribution in [3.8, 4) is 11.5 Å². The van der Waals surface area contributed by atoms with Gasteiger partial charge in [0.2, 0.25) is 5.91 Å². The van der Waals surface area contributed by atoms with Gasteiger partial charge in [-0.3, -0.25) is 4.79 Å². The molecule has 1 N–H and O–H groups in total. The fourth-order valence-corrected chi connectivity index (χ4v) is 2.65. The van der Waals surface area contributed by atoms with Crippen LogP contribution in [0.5, 0.6) is 11.5 Å². The molecule has 6 heteroatoms. The fraction of sp³-hybridized carbons (Fsp3) is 0.294. The molecule has 0 spiro atoms. The van der Waals surface area contributed by atoms with E-state index in [4.69, 9.17) is 21.1 Å². The van der Waals surface area contributed by atoms with Crippen LogP contribution in [0.2, 0.25) is 5.02 Å². The summed E-state index contributed by atoms with van der Waals surface area (Å²) >= 11 is 6.24. The van der Waals surface area contributed by atoms with E-state index in [2.05, 4.69) is 10.3 Å². The van der Waals surface area contributed by atoms with Gasteiger partial charge in [0.25, 0.3) is 0 Å². The van der Waals surface area contributed by atoms with Crippen LogP contribution in [-0.2, 0) is 11.2 Å². The van der Waals surface area contributed by atoms with E-state index in [1.165, 1.54) is 0 Å². The van der Waals surface area contributed by atoms with Gasteiger partial charge >= 0.3 is 0 Å². The zero-order valence-electron chi connectivity index (χ0n) is 12.8. The Bertz CT molecular complexity index is 734. The highest BCUT2D eigenvalue weighted by molar-refractivity contribution is 6.32. The fourth-order valence-electron chi connectivity index (χ4n) is 2.36. The Labute approximate surface area is 139 Å². The number of nitrogens with one attached hydrogen (secondary N) is 1. The molecule has 0 fully saturated rings. The molecule has 5 nitrogen and oxygen atoms in total. The van der Waals surface area contributed by atoms with E-state index < -0.39 is 0 Å². The zero-order chi connectivity index (χ0) is 16.2. The van der Waals surface area contributed by atoms with E-state index in [0.717, 1.165) is 17.5 Å². The Kier molecular flexibility index (Phi) is 4.67. The van der Waals surface area contributed by atoms with Gasteiger partial charge in [-0.1, -0.05) is 11.6 Å². The van der Waals surface area contributed by atoms with Crippen LogP contribution < -0.4 is 14.8 Å². The van der Waals surface area contributed by atoms with Gasteiger partial charge in [0.15, 0.2) is 11.5 Å². The molecule has 0 radical (unpaired) electrons. The van der Waals surface area contributed by atoms with Crippen LogP contribution in [-0.4, -0.2) is 24.1 Å². The molecule has 3 rings (SSSR count). The van der Waals surface area contributed by atoms with Gasteiger partial charge in [-0.25, -0.2) is 4.98 Å². The molecular weight excluding hydrogens is 316 g/mol. The standard InChI is InChI=1S/C17H17ClN2O3/c1-11-3-4-19-15(7-11)20-16(21)10-12-8-13(18)17-14(9-12)22-5-2-6-23-17/h3-4,7-9H,2,5-6,10H2,1H3,(H,19,20,21). The predicted molar refractivity (Wildman–Crippen MR) is 88.4 cm³/mol. The van der Waals surface area contributed by atoms with Crippen molar-refractivity contribution in [2.24, 2.45) is 0 Å². The Hall–Kier alpha value is -2.27. The van der Waals surface area contributed by atoms with E-state index in [1.807, 2.05) is 19.1 Å². The maximum atomic E-state index is 12.2. The van der Waals surface area contributed by atoms with Gasteiger partial charge < -0.3 is 14.8 Å². The number of hydrogen-bond donors (Lipinski definition) is 1. The minimum atomic E-state index is -0.159. The average molecular weight is 333 g/mol. The largest absolute Gasteiger partial charge is 0.489 e. The second-order valence-corrected chi connectivity index (χ2v) is 5.81. The molecule has 0 atom stereocenters. The number of halogens is 1. The number of amides is 1. The van der Waals surface area contributed by atoms with Crippen LogP contribution in [0.1, 0.15) is 17.5 Å². The van der Waals surface area contributed by atoms with Crippen molar-refractivity contribution in [2.45, 2.75) is 19.8 Å². The normalized spacial score (nSPS) is 13.3. The van der Waals surface area contributed by atoms with Crippen molar-refractivity contribution in [1.82, 2.24) is 4.98 Å². The summed E-state index contributed by atoms with van der Waals surface area (Å²) in [7, 11) is 0. The minimum Gasteiger partial charge on any atom is -0.489 e. The van der Waals surface area contributed by atoms with E-state index in [0.29, 0.717) is 35.6 Å². The van der Waals surface area contributed by atoms with Crippen molar-refractivity contribution >= 4 is 23.3 Å². The number of aryl methyl sites for hydroxylation is 1. The number of rotatable bonds is 3. The number of carbonyl (C=O) groups excluding carboxylic acids is 1. The Balaban J connectivity index is 1.73. The number of nitrogens with zero attached hydrogens (tertiary/aromatic N) is 1. The van der Waals surface area contributed by atoms with Crippen LogP contribution in [0.3, 0.4) is 0 Å². The van der Waals surface area contributed by atoms with Gasteiger partial charge in [-0.2, -0.15) is 0 Å². The summed E-state index contributed by atoms with van der Waals surface area (Å²) in [6, 6.07) is 7.23. The Morgan fingerprint density at radius 3 is 2.96 bits per heavy atom. The first-order valence-electron chi connectivity index (χ1n) is 7.42. The minimum absolute atomic E-state index is 0.159. The van der Waals surface area contributed by atoms with Gasteiger partial charge in [0, 0.05) is 12.6 Å². The molecule has 0 saturated heterocycles. The molecule has 1 aromatic heterocycles. The third-order valence-electron chi connectivity index (χ3n) is 3.41. The molecule has 0 unspecified atom stereocenters. The molecule has 23 heavy (non-hydrogen) atoms. The summed E-state index contributed by atoms with van der Waals surface area (Å²) in [6.45, 7) is 3.10. The third kappa shape index (κ3) is 3.93. The highest BCUT2D eigenvalue weighted by Gasteiger charge is 2.17. The van der Waals surface area contributed by atoms with E-state index in [9.17, 15) is 4.79 Å². The number of benzene rings is 1. The zero-order valence-corrected chi connectivity index (χ0v) is 13.5. The lowest BCUT2D eigenvalue weighted by molar-refractivity contribution is -0.115. The smallest absolute Gasteiger partial charge is 0.229 e. The van der Waals surface area contributed by atoms with Crippen molar-refractivity contribution in [3.05, 3.63) is 46.6 Å². The molecule has 1 aromatic carbocycles. The second kappa shape index (κ2) is 6.87. The van der Waals surface area contributed by atoms with E-state index >= 15 is 0 Å². The van der Waals surface area contributed by atoms with Gasteiger partial charge in [0.1, 0.15) is 5.82 Å². The van der Waals surface area contributed by atoms with Crippen LogP contribution in [0.25, 0.3) is 0 Å². The monoisotopic (exact) mass is 332 g/mol. The summed E-state index contributed by atoms with van der Waals surface area (Å²) in [4.78, 5) is 16.3. The van der Waals surface area contributed by atoms with Gasteiger partial charge in [-0.05, 0) is 42.3 Å². The molecule has 1 aliphatic heterocycles. The number of aromatic nitrogens is 1. The van der Waals surface area contributed by atoms with Crippen LogP contribution in [0.4, 0.5) is 5.82 Å². The SMILES string of the molecule is Cc1ccnc(NC(=O)Cc2cc(Cl)c3c(c2)OCCCO3)c1. The number of fused-ring (bicyclic) bond motifs is 1. The number of hydrogen-bond acceptors (Lipinski definition) is 4. The lowest BCUT2D eigenvalue weighted by Crippen LogP contribution is -2.15. The summed E-state index contributed by atoms with van der Waals surface area (Å²) in [5.41, 5.74) is 1.80. The lowest BCUT2D eigenvalue weighted by atomic mass is 10.1. The molecule has 2 heterocycles. The van der Waals surface area contributed by atoms with Gasteiger partial charge in [0.05, 0.1) is 24.7 Å². The molecule has 1 amide bonds. The maximum Gasteiger partial charge on any atom is 0.229 e. The second-order valence-electron chi connectivity index (χ2n) is 5.40. The molecule has 2 aromatic rings. The molecule has 1 aliphatic rings. The first-order valence-corrected chi connectivity index (χ1v) is 7.80.